The minimum Gasteiger partial charge on any atom is -0.508 e. The number of ether oxygens (including phenoxy) is 1. The molecule has 2 aliphatic heterocycles. The van der Waals surface area contributed by atoms with Crippen molar-refractivity contribution in [1.29, 1.82) is 0 Å². The Balaban J connectivity index is 1.74. The summed E-state index contributed by atoms with van der Waals surface area (Å²) in [6.45, 7) is 1.31. The summed E-state index contributed by atoms with van der Waals surface area (Å²) in [7, 11) is 0. The largest absolute Gasteiger partial charge is 0.508 e. The Morgan fingerprint density at radius 1 is 1.43 bits per heavy atom. The SMILES string of the molecule is O=C1/C(=C/c2ccc(O)cc2)SC(=S)N1CC1CCCO1. The van der Waals surface area contributed by atoms with Gasteiger partial charge in [-0.05, 0) is 36.6 Å². The van der Waals surface area contributed by atoms with Crippen molar-refractivity contribution in [1.82, 2.24) is 4.90 Å². The number of thioether (sulfide) groups is 1. The van der Waals surface area contributed by atoms with Gasteiger partial charge in [0.1, 0.15) is 10.1 Å². The molecule has 110 valence electrons. The van der Waals surface area contributed by atoms with E-state index in [-0.39, 0.29) is 17.8 Å². The van der Waals surface area contributed by atoms with Crippen molar-refractivity contribution in [2.45, 2.75) is 18.9 Å². The van der Waals surface area contributed by atoms with E-state index >= 15 is 0 Å². The average Bonchev–Trinajstić information content (AvgIpc) is 3.06. The number of phenolic OH excluding ortho intramolecular Hbond substituents is 1. The third-order valence-corrected chi connectivity index (χ3v) is 4.85. The molecule has 6 heteroatoms. The van der Waals surface area contributed by atoms with E-state index in [4.69, 9.17) is 17.0 Å². The van der Waals surface area contributed by atoms with Crippen LogP contribution in [0.1, 0.15) is 18.4 Å². The van der Waals surface area contributed by atoms with Gasteiger partial charge in [0, 0.05) is 6.61 Å². The molecule has 0 radical (unpaired) electrons. The summed E-state index contributed by atoms with van der Waals surface area (Å²) in [6.07, 6.45) is 3.92. The lowest BCUT2D eigenvalue weighted by Gasteiger charge is -2.18. The van der Waals surface area contributed by atoms with E-state index in [1.165, 1.54) is 11.8 Å². The highest BCUT2D eigenvalue weighted by Crippen LogP contribution is 2.33. The van der Waals surface area contributed by atoms with Crippen molar-refractivity contribution in [3.05, 3.63) is 34.7 Å². The van der Waals surface area contributed by atoms with Crippen LogP contribution in [-0.2, 0) is 9.53 Å². The normalized spacial score (nSPS) is 24.3. The minimum atomic E-state index is -0.0615. The molecule has 0 saturated carbocycles. The molecule has 1 atom stereocenters. The second-order valence-corrected chi connectivity index (χ2v) is 6.69. The van der Waals surface area contributed by atoms with Crippen LogP contribution in [0.2, 0.25) is 0 Å². The Morgan fingerprint density at radius 2 is 2.19 bits per heavy atom. The van der Waals surface area contributed by atoms with Crippen molar-refractivity contribution in [3.8, 4) is 5.75 Å². The molecule has 0 bridgehead atoms. The summed E-state index contributed by atoms with van der Waals surface area (Å²) in [5, 5.41) is 9.28. The Bertz CT molecular complexity index is 591. The fourth-order valence-electron chi connectivity index (χ4n) is 2.37. The monoisotopic (exact) mass is 321 g/mol. The van der Waals surface area contributed by atoms with Gasteiger partial charge in [0.05, 0.1) is 17.6 Å². The van der Waals surface area contributed by atoms with Crippen LogP contribution in [0.4, 0.5) is 0 Å². The van der Waals surface area contributed by atoms with Gasteiger partial charge in [-0.15, -0.1) is 0 Å². The third kappa shape index (κ3) is 3.28. The highest BCUT2D eigenvalue weighted by atomic mass is 32.2. The first kappa shape index (κ1) is 14.6. The molecule has 2 saturated heterocycles. The molecule has 1 amide bonds. The van der Waals surface area contributed by atoms with Crippen molar-refractivity contribution in [2.75, 3.05) is 13.2 Å². The zero-order chi connectivity index (χ0) is 14.8. The predicted molar refractivity (Wildman–Crippen MR) is 87.0 cm³/mol. The lowest BCUT2D eigenvalue weighted by Crippen LogP contribution is -2.35. The summed E-state index contributed by atoms with van der Waals surface area (Å²) in [6, 6.07) is 6.72. The minimum absolute atomic E-state index is 0.0615. The Labute approximate surface area is 132 Å². The predicted octanol–water partition coefficient (Wildman–Crippen LogP) is 2.77. The average molecular weight is 321 g/mol. The first-order valence-corrected chi connectivity index (χ1v) is 8.02. The van der Waals surface area contributed by atoms with Gasteiger partial charge >= 0.3 is 0 Å². The van der Waals surface area contributed by atoms with Gasteiger partial charge < -0.3 is 9.84 Å². The van der Waals surface area contributed by atoms with Gasteiger partial charge in [-0.1, -0.05) is 36.1 Å². The molecule has 1 aromatic rings. The lowest BCUT2D eigenvalue weighted by atomic mass is 10.2. The second kappa shape index (κ2) is 6.17. The molecule has 1 aromatic carbocycles. The van der Waals surface area contributed by atoms with Crippen LogP contribution in [0.15, 0.2) is 29.2 Å². The van der Waals surface area contributed by atoms with Gasteiger partial charge in [-0.25, -0.2) is 0 Å². The molecule has 3 rings (SSSR count). The maximum Gasteiger partial charge on any atom is 0.266 e. The standard InChI is InChI=1S/C15H15NO3S2/c17-11-5-3-10(4-6-11)8-13-14(18)16(15(20)21-13)9-12-2-1-7-19-12/h3-6,8,12,17H,1-2,7,9H2/b13-8-. The van der Waals surface area contributed by atoms with E-state index in [0.29, 0.717) is 15.8 Å². The lowest BCUT2D eigenvalue weighted by molar-refractivity contribution is -0.123. The Hall–Kier alpha value is -1.37. The van der Waals surface area contributed by atoms with Crippen molar-refractivity contribution in [3.63, 3.8) is 0 Å². The number of carbonyl (C=O) groups is 1. The summed E-state index contributed by atoms with van der Waals surface area (Å²) in [5.74, 6) is 0.145. The van der Waals surface area contributed by atoms with Crippen molar-refractivity contribution >= 4 is 40.3 Å². The first-order chi connectivity index (χ1) is 10.1. The van der Waals surface area contributed by atoms with E-state index < -0.39 is 0 Å². The van der Waals surface area contributed by atoms with Crippen LogP contribution in [0.5, 0.6) is 5.75 Å². The van der Waals surface area contributed by atoms with Gasteiger partial charge in [0.15, 0.2) is 0 Å². The van der Waals surface area contributed by atoms with Crippen LogP contribution in [-0.4, -0.2) is 39.5 Å². The third-order valence-electron chi connectivity index (χ3n) is 3.47. The number of nitrogens with zero attached hydrogens (tertiary/aromatic N) is 1. The molecule has 4 nitrogen and oxygen atoms in total. The second-order valence-electron chi connectivity index (χ2n) is 5.02. The summed E-state index contributed by atoms with van der Waals surface area (Å²) in [5.41, 5.74) is 0.866. The molecule has 0 spiro atoms. The molecular formula is C15H15NO3S2. The molecular weight excluding hydrogens is 306 g/mol. The van der Waals surface area contributed by atoms with E-state index in [1.54, 1.807) is 35.2 Å². The number of phenols is 1. The van der Waals surface area contributed by atoms with E-state index in [2.05, 4.69) is 0 Å². The van der Waals surface area contributed by atoms with Gasteiger partial charge in [0.25, 0.3) is 5.91 Å². The maximum absolute atomic E-state index is 12.4. The smallest absolute Gasteiger partial charge is 0.266 e. The quantitative estimate of drug-likeness (QED) is 0.685. The first-order valence-electron chi connectivity index (χ1n) is 6.79. The highest BCUT2D eigenvalue weighted by molar-refractivity contribution is 8.26. The number of aromatic hydroxyl groups is 1. The summed E-state index contributed by atoms with van der Waals surface area (Å²) >= 11 is 6.61. The maximum atomic E-state index is 12.4. The summed E-state index contributed by atoms with van der Waals surface area (Å²) < 4.78 is 6.15. The van der Waals surface area contributed by atoms with Gasteiger partial charge in [-0.3, -0.25) is 9.69 Å². The fourth-order valence-corrected chi connectivity index (χ4v) is 3.65. The molecule has 2 heterocycles. The van der Waals surface area contributed by atoms with Crippen LogP contribution >= 0.6 is 24.0 Å². The van der Waals surface area contributed by atoms with Crippen molar-refractivity contribution < 1.29 is 14.6 Å². The zero-order valence-electron chi connectivity index (χ0n) is 11.3. The number of hydrogen-bond donors (Lipinski definition) is 1. The van der Waals surface area contributed by atoms with E-state index in [9.17, 15) is 9.90 Å². The van der Waals surface area contributed by atoms with E-state index in [0.717, 1.165) is 25.0 Å². The Kier molecular flexibility index (Phi) is 4.28. The molecule has 1 N–H and O–H groups in total. The molecule has 21 heavy (non-hydrogen) atoms. The van der Waals surface area contributed by atoms with Crippen LogP contribution in [0.25, 0.3) is 6.08 Å². The molecule has 0 aliphatic carbocycles. The Morgan fingerprint density at radius 3 is 2.86 bits per heavy atom. The molecule has 1 unspecified atom stereocenters. The number of benzene rings is 1. The number of rotatable bonds is 3. The van der Waals surface area contributed by atoms with E-state index in [1.807, 2.05) is 0 Å². The molecule has 2 fully saturated rings. The fraction of sp³-hybridized carbons (Fsp3) is 0.333. The highest BCUT2D eigenvalue weighted by Gasteiger charge is 2.34. The van der Waals surface area contributed by atoms with Gasteiger partial charge in [0.2, 0.25) is 0 Å². The van der Waals surface area contributed by atoms with Gasteiger partial charge in [-0.2, -0.15) is 0 Å². The number of amides is 1. The summed E-state index contributed by atoms with van der Waals surface area (Å²) in [4.78, 5) is 14.7. The van der Waals surface area contributed by atoms with Crippen LogP contribution < -0.4 is 0 Å². The molecule has 2 aliphatic rings. The number of thiocarbonyl (C=S) groups is 1. The number of hydrogen-bond acceptors (Lipinski definition) is 5. The van der Waals surface area contributed by atoms with Crippen LogP contribution in [0.3, 0.4) is 0 Å². The van der Waals surface area contributed by atoms with Crippen LogP contribution in [0, 0.1) is 0 Å². The zero-order valence-corrected chi connectivity index (χ0v) is 13.0. The van der Waals surface area contributed by atoms with Crippen molar-refractivity contribution in [2.24, 2.45) is 0 Å². The number of carbonyl (C=O) groups excluding carboxylic acids is 1. The molecule has 0 aromatic heterocycles. The topological polar surface area (TPSA) is 49.8 Å².